The average molecular weight is 439 g/mol. The highest BCUT2D eigenvalue weighted by Crippen LogP contribution is 2.30. The van der Waals surface area contributed by atoms with Crippen LogP contribution >= 0.6 is 11.6 Å². The van der Waals surface area contributed by atoms with Crippen LogP contribution in [0, 0.1) is 0 Å². The molecule has 1 amide bonds. The number of ether oxygens (including phenoxy) is 2. The largest absolute Gasteiger partial charge is 0.481 e. The maximum absolute atomic E-state index is 12.7. The Kier molecular flexibility index (Phi) is 6.66. The number of halogens is 1. The van der Waals surface area contributed by atoms with E-state index in [-0.39, 0.29) is 10.8 Å². The van der Waals surface area contributed by atoms with Crippen LogP contribution in [-0.2, 0) is 26.1 Å². The highest BCUT2D eigenvalue weighted by molar-refractivity contribution is 7.92. The minimum Gasteiger partial charge on any atom is -0.481 e. The van der Waals surface area contributed by atoms with Gasteiger partial charge in [-0.25, -0.2) is 8.42 Å². The van der Waals surface area contributed by atoms with E-state index < -0.39 is 16.1 Å². The summed E-state index contributed by atoms with van der Waals surface area (Å²) in [7, 11) is -2.18. The molecule has 1 unspecified atom stereocenters. The first-order valence-corrected chi connectivity index (χ1v) is 11.0. The third kappa shape index (κ3) is 5.20. The van der Waals surface area contributed by atoms with Crippen molar-refractivity contribution in [2.45, 2.75) is 30.9 Å². The molecule has 1 aliphatic heterocycles. The van der Waals surface area contributed by atoms with Crippen molar-refractivity contribution >= 4 is 33.2 Å². The lowest BCUT2D eigenvalue weighted by Gasteiger charge is -2.22. The van der Waals surface area contributed by atoms with Gasteiger partial charge >= 0.3 is 0 Å². The number of sulfonamides is 1. The van der Waals surface area contributed by atoms with Crippen LogP contribution in [0.25, 0.3) is 0 Å². The average Bonchev–Trinajstić information content (AvgIpc) is 2.79. The topological polar surface area (TPSA) is 84.9 Å². The number of anilines is 1. The van der Waals surface area contributed by atoms with Gasteiger partial charge in [-0.3, -0.25) is 9.52 Å². The van der Waals surface area contributed by atoms with Gasteiger partial charge in [0.15, 0.2) is 6.10 Å². The lowest BCUT2D eigenvalue weighted by molar-refractivity contribution is -0.137. The molecule has 2 aromatic carbocycles. The summed E-state index contributed by atoms with van der Waals surface area (Å²) in [6.45, 7) is 3.11. The van der Waals surface area contributed by atoms with Crippen LogP contribution in [-0.4, -0.2) is 45.6 Å². The zero-order chi connectivity index (χ0) is 21.0. The minimum atomic E-state index is -3.80. The third-order valence-electron chi connectivity index (χ3n) is 4.52. The van der Waals surface area contributed by atoms with E-state index in [1.807, 2.05) is 0 Å². The lowest BCUT2D eigenvalue weighted by Crippen LogP contribution is -2.38. The predicted molar refractivity (Wildman–Crippen MR) is 111 cm³/mol. The zero-order valence-corrected chi connectivity index (χ0v) is 17.8. The molecule has 1 aliphatic rings. The second-order valence-corrected chi connectivity index (χ2v) is 8.87. The Hall–Kier alpha value is -2.29. The molecule has 7 nitrogen and oxygen atoms in total. The second-order valence-electron chi connectivity index (χ2n) is 6.75. The summed E-state index contributed by atoms with van der Waals surface area (Å²) >= 11 is 5.91. The molecule has 1 heterocycles. The molecule has 156 valence electrons. The van der Waals surface area contributed by atoms with Crippen molar-refractivity contribution in [1.29, 1.82) is 0 Å². The third-order valence-corrected chi connectivity index (χ3v) is 6.13. The van der Waals surface area contributed by atoms with Gasteiger partial charge in [0, 0.05) is 43.1 Å². The Bertz CT molecular complexity index is 996. The molecule has 0 bridgehead atoms. The lowest BCUT2D eigenvalue weighted by atomic mass is 10.1. The summed E-state index contributed by atoms with van der Waals surface area (Å²) in [6.07, 6.45) is 0.0820. The quantitative estimate of drug-likeness (QED) is 0.670. The number of nitrogens with zero attached hydrogens (tertiary/aromatic N) is 1. The molecular formula is C20H23ClN2O5S. The molecule has 29 heavy (non-hydrogen) atoms. The summed E-state index contributed by atoms with van der Waals surface area (Å²) < 4.78 is 38.7. The van der Waals surface area contributed by atoms with E-state index in [0.717, 1.165) is 5.56 Å². The Morgan fingerprint density at radius 2 is 2.07 bits per heavy atom. The summed E-state index contributed by atoms with van der Waals surface area (Å²) in [5.41, 5.74) is 1.11. The van der Waals surface area contributed by atoms with Crippen LogP contribution < -0.4 is 9.46 Å². The van der Waals surface area contributed by atoms with Gasteiger partial charge in [-0.15, -0.1) is 0 Å². The van der Waals surface area contributed by atoms with Crippen LogP contribution in [0.2, 0.25) is 5.02 Å². The van der Waals surface area contributed by atoms with Crippen molar-refractivity contribution in [1.82, 2.24) is 4.90 Å². The highest BCUT2D eigenvalue weighted by Gasteiger charge is 2.28. The Labute approximate surface area is 175 Å². The number of methoxy groups -OCH3 is 1. The van der Waals surface area contributed by atoms with E-state index in [9.17, 15) is 13.2 Å². The summed E-state index contributed by atoms with van der Waals surface area (Å²) in [5, 5.41) is 0.336. The van der Waals surface area contributed by atoms with Crippen molar-refractivity contribution in [3.8, 4) is 5.75 Å². The van der Waals surface area contributed by atoms with Gasteiger partial charge in [-0.2, -0.15) is 0 Å². The molecule has 0 spiro atoms. The van der Waals surface area contributed by atoms with Crippen LogP contribution in [0.15, 0.2) is 47.4 Å². The number of benzene rings is 2. The van der Waals surface area contributed by atoms with Gasteiger partial charge in [0.05, 0.1) is 4.90 Å². The zero-order valence-electron chi connectivity index (χ0n) is 16.2. The molecule has 0 radical (unpaired) electrons. The van der Waals surface area contributed by atoms with Crippen LogP contribution in [0.3, 0.4) is 0 Å². The van der Waals surface area contributed by atoms with E-state index in [4.69, 9.17) is 21.1 Å². The van der Waals surface area contributed by atoms with E-state index in [0.29, 0.717) is 42.6 Å². The molecule has 1 N–H and O–H groups in total. The molecular weight excluding hydrogens is 416 g/mol. The van der Waals surface area contributed by atoms with Crippen LogP contribution in [0.1, 0.15) is 18.9 Å². The number of nitrogens with one attached hydrogen (secondary N) is 1. The number of fused-ring (bicyclic) bond motifs is 1. The smallest absolute Gasteiger partial charge is 0.263 e. The summed E-state index contributed by atoms with van der Waals surface area (Å²) in [4.78, 5) is 14.3. The number of carbonyl (C=O) groups excluding carboxylic acids is 1. The van der Waals surface area contributed by atoms with Gasteiger partial charge in [0.1, 0.15) is 5.75 Å². The molecule has 2 aromatic rings. The first-order chi connectivity index (χ1) is 13.8. The molecule has 0 aliphatic carbocycles. The molecule has 1 atom stereocenters. The standard InChI is InChI=1S/C20H23ClN2O5S/c1-14-20(24)23(9-4-10-27-2)13-15-11-17(7-8-19(15)28-14)22-29(25,26)18-6-3-5-16(21)12-18/h3,5-8,11-12,14,22H,4,9-10,13H2,1-2H3. The monoisotopic (exact) mass is 438 g/mol. The molecule has 3 rings (SSSR count). The number of carbonyl (C=O) groups is 1. The van der Waals surface area contributed by atoms with E-state index in [1.165, 1.54) is 12.1 Å². The Morgan fingerprint density at radius 3 is 2.79 bits per heavy atom. The van der Waals surface area contributed by atoms with Gasteiger partial charge in [-0.1, -0.05) is 17.7 Å². The fraction of sp³-hybridized carbons (Fsp3) is 0.350. The van der Waals surface area contributed by atoms with Crippen molar-refractivity contribution in [2.24, 2.45) is 0 Å². The van der Waals surface area contributed by atoms with Crippen LogP contribution in [0.5, 0.6) is 5.75 Å². The van der Waals surface area contributed by atoms with Gasteiger partial charge in [0.2, 0.25) is 0 Å². The van der Waals surface area contributed by atoms with Crippen molar-refractivity contribution < 1.29 is 22.7 Å². The minimum absolute atomic E-state index is 0.0705. The molecule has 0 saturated carbocycles. The van der Waals surface area contributed by atoms with Gasteiger partial charge in [0.25, 0.3) is 15.9 Å². The van der Waals surface area contributed by atoms with Crippen molar-refractivity contribution in [3.63, 3.8) is 0 Å². The summed E-state index contributed by atoms with van der Waals surface area (Å²) in [5.74, 6) is 0.448. The number of hydrogen-bond donors (Lipinski definition) is 1. The van der Waals surface area contributed by atoms with E-state index in [1.54, 1.807) is 49.3 Å². The SMILES string of the molecule is COCCCN1Cc2cc(NS(=O)(=O)c3cccc(Cl)c3)ccc2OC(C)C1=O. The maximum atomic E-state index is 12.7. The first-order valence-electron chi connectivity index (χ1n) is 9.16. The number of hydrogen-bond acceptors (Lipinski definition) is 5. The normalized spacial score (nSPS) is 16.7. The second kappa shape index (κ2) is 9.02. The summed E-state index contributed by atoms with van der Waals surface area (Å²) in [6, 6.07) is 11.0. The molecule has 9 heteroatoms. The molecule has 0 fully saturated rings. The van der Waals surface area contributed by atoms with E-state index in [2.05, 4.69) is 4.72 Å². The molecule has 0 saturated heterocycles. The van der Waals surface area contributed by atoms with Crippen molar-refractivity contribution in [2.75, 3.05) is 25.0 Å². The first kappa shape index (κ1) is 21.4. The predicted octanol–water partition coefficient (Wildman–Crippen LogP) is 3.29. The Balaban J connectivity index is 1.84. The maximum Gasteiger partial charge on any atom is 0.263 e. The van der Waals surface area contributed by atoms with E-state index >= 15 is 0 Å². The fourth-order valence-electron chi connectivity index (χ4n) is 3.10. The number of rotatable bonds is 7. The fourth-order valence-corrected chi connectivity index (χ4v) is 4.45. The molecule has 0 aromatic heterocycles. The Morgan fingerprint density at radius 1 is 1.28 bits per heavy atom. The highest BCUT2D eigenvalue weighted by atomic mass is 35.5. The van der Waals surface area contributed by atoms with Gasteiger partial charge in [-0.05, 0) is 49.7 Å². The van der Waals surface area contributed by atoms with Gasteiger partial charge < -0.3 is 14.4 Å². The van der Waals surface area contributed by atoms with Crippen molar-refractivity contribution in [3.05, 3.63) is 53.1 Å². The number of amides is 1. The van der Waals surface area contributed by atoms with Crippen LogP contribution in [0.4, 0.5) is 5.69 Å².